The standard InChI is InChI=1S/C12H21N3O3.ClH/c1-8-6-14(7-9(2)15(8)12(17)18)11(16)10-4-3-5-13-10;/h8-10,13H,3-7H2,1-2H3,(H,17,18);1H/t8?,9?,10-;/m0./s1. The molecule has 2 saturated heterocycles. The number of nitrogens with one attached hydrogen (secondary N) is 1. The van der Waals surface area contributed by atoms with Crippen LogP contribution in [0, 0.1) is 0 Å². The first-order valence-electron chi connectivity index (χ1n) is 6.54. The monoisotopic (exact) mass is 291 g/mol. The quantitative estimate of drug-likeness (QED) is 0.748. The van der Waals surface area contributed by atoms with Gasteiger partial charge in [0.25, 0.3) is 0 Å². The Balaban J connectivity index is 0.00000180. The van der Waals surface area contributed by atoms with Crippen LogP contribution in [0.1, 0.15) is 26.7 Å². The Morgan fingerprint density at radius 2 is 1.79 bits per heavy atom. The molecule has 2 rings (SSSR count). The third kappa shape index (κ3) is 3.30. The van der Waals surface area contributed by atoms with Crippen LogP contribution < -0.4 is 5.32 Å². The fourth-order valence-corrected chi connectivity index (χ4v) is 3.00. The highest BCUT2D eigenvalue weighted by atomic mass is 35.5. The number of carbonyl (C=O) groups excluding carboxylic acids is 1. The normalized spacial score (nSPS) is 30.9. The molecule has 110 valence electrons. The van der Waals surface area contributed by atoms with Gasteiger partial charge in [0.2, 0.25) is 5.91 Å². The van der Waals surface area contributed by atoms with E-state index in [1.807, 2.05) is 13.8 Å². The van der Waals surface area contributed by atoms with Gasteiger partial charge in [-0.15, -0.1) is 12.4 Å². The van der Waals surface area contributed by atoms with Crippen LogP contribution in [0.15, 0.2) is 0 Å². The van der Waals surface area contributed by atoms with Crippen molar-refractivity contribution >= 4 is 24.4 Å². The molecule has 0 aliphatic carbocycles. The van der Waals surface area contributed by atoms with Crippen LogP contribution in [0.2, 0.25) is 0 Å². The summed E-state index contributed by atoms with van der Waals surface area (Å²) in [5, 5.41) is 12.3. The molecule has 0 spiro atoms. The summed E-state index contributed by atoms with van der Waals surface area (Å²) in [6, 6.07) is -0.353. The molecule has 0 aromatic heterocycles. The zero-order valence-corrected chi connectivity index (χ0v) is 12.2. The van der Waals surface area contributed by atoms with Crippen molar-refractivity contribution in [2.24, 2.45) is 0 Å². The summed E-state index contributed by atoms with van der Waals surface area (Å²) >= 11 is 0. The first kappa shape index (κ1) is 16.0. The second-order valence-electron chi connectivity index (χ2n) is 5.28. The van der Waals surface area contributed by atoms with E-state index in [4.69, 9.17) is 5.11 Å². The fraction of sp³-hybridized carbons (Fsp3) is 0.833. The lowest BCUT2D eigenvalue weighted by atomic mass is 10.1. The van der Waals surface area contributed by atoms with Crippen molar-refractivity contribution in [3.63, 3.8) is 0 Å². The fourth-order valence-electron chi connectivity index (χ4n) is 3.00. The van der Waals surface area contributed by atoms with Crippen molar-refractivity contribution in [3.8, 4) is 0 Å². The average molecular weight is 292 g/mol. The molecule has 0 radical (unpaired) electrons. The summed E-state index contributed by atoms with van der Waals surface area (Å²) < 4.78 is 0. The molecule has 19 heavy (non-hydrogen) atoms. The second-order valence-corrected chi connectivity index (χ2v) is 5.28. The molecule has 2 heterocycles. The van der Waals surface area contributed by atoms with Gasteiger partial charge in [0.15, 0.2) is 0 Å². The molecule has 0 saturated carbocycles. The summed E-state index contributed by atoms with van der Waals surface area (Å²) in [6.45, 7) is 5.59. The highest BCUT2D eigenvalue weighted by Gasteiger charge is 2.37. The molecule has 0 bridgehead atoms. The Bertz CT molecular complexity index is 335. The van der Waals surface area contributed by atoms with E-state index in [-0.39, 0.29) is 36.4 Å². The van der Waals surface area contributed by atoms with Crippen molar-refractivity contribution < 1.29 is 14.7 Å². The molecular weight excluding hydrogens is 270 g/mol. The number of rotatable bonds is 1. The smallest absolute Gasteiger partial charge is 0.407 e. The van der Waals surface area contributed by atoms with E-state index in [0.717, 1.165) is 19.4 Å². The molecule has 0 aromatic carbocycles. The van der Waals surface area contributed by atoms with E-state index in [1.165, 1.54) is 4.90 Å². The number of carbonyl (C=O) groups is 2. The molecule has 0 aromatic rings. The van der Waals surface area contributed by atoms with E-state index in [1.54, 1.807) is 4.90 Å². The van der Waals surface area contributed by atoms with E-state index in [0.29, 0.717) is 13.1 Å². The van der Waals surface area contributed by atoms with Crippen molar-refractivity contribution in [2.75, 3.05) is 19.6 Å². The molecule has 6 nitrogen and oxygen atoms in total. The lowest BCUT2D eigenvalue weighted by Crippen LogP contribution is -2.61. The highest BCUT2D eigenvalue weighted by Crippen LogP contribution is 2.18. The lowest BCUT2D eigenvalue weighted by molar-refractivity contribution is -0.136. The Hall–Kier alpha value is -1.01. The predicted octanol–water partition coefficient (Wildman–Crippen LogP) is 0.759. The van der Waals surface area contributed by atoms with Crippen LogP contribution in [0.5, 0.6) is 0 Å². The summed E-state index contributed by atoms with van der Waals surface area (Å²) in [5.74, 6) is 0.122. The maximum atomic E-state index is 12.3. The molecule has 3 atom stereocenters. The Morgan fingerprint density at radius 1 is 1.21 bits per heavy atom. The zero-order valence-electron chi connectivity index (χ0n) is 11.3. The largest absolute Gasteiger partial charge is 0.465 e. The van der Waals surface area contributed by atoms with Gasteiger partial charge in [-0.2, -0.15) is 0 Å². The molecule has 2 aliphatic heterocycles. The number of hydrogen-bond donors (Lipinski definition) is 2. The average Bonchev–Trinajstić information content (AvgIpc) is 2.79. The summed E-state index contributed by atoms with van der Waals surface area (Å²) in [6.07, 6.45) is 1.03. The SMILES string of the molecule is CC1CN(C(=O)[C@@H]2CCCN2)CC(C)N1C(=O)O.Cl. The molecule has 2 N–H and O–H groups in total. The minimum Gasteiger partial charge on any atom is -0.465 e. The number of piperazine rings is 1. The van der Waals surface area contributed by atoms with Crippen molar-refractivity contribution in [3.05, 3.63) is 0 Å². The third-order valence-electron chi connectivity index (χ3n) is 3.81. The van der Waals surface area contributed by atoms with Crippen LogP contribution in [0.25, 0.3) is 0 Å². The maximum Gasteiger partial charge on any atom is 0.407 e. The summed E-state index contributed by atoms with van der Waals surface area (Å²) in [5.41, 5.74) is 0. The Labute approximate surface area is 119 Å². The van der Waals surface area contributed by atoms with Crippen molar-refractivity contribution in [1.29, 1.82) is 0 Å². The Morgan fingerprint density at radius 3 is 2.21 bits per heavy atom. The topological polar surface area (TPSA) is 72.9 Å². The molecule has 2 unspecified atom stereocenters. The van der Waals surface area contributed by atoms with Crippen LogP contribution in [0.4, 0.5) is 4.79 Å². The lowest BCUT2D eigenvalue weighted by Gasteiger charge is -2.43. The van der Waals surface area contributed by atoms with Gasteiger partial charge in [-0.05, 0) is 33.2 Å². The van der Waals surface area contributed by atoms with Crippen LogP contribution in [0.3, 0.4) is 0 Å². The van der Waals surface area contributed by atoms with E-state index >= 15 is 0 Å². The number of carboxylic acid groups (broad SMARTS) is 1. The first-order valence-corrected chi connectivity index (χ1v) is 6.54. The maximum absolute atomic E-state index is 12.3. The second kappa shape index (κ2) is 6.43. The molecule has 7 heteroatoms. The van der Waals surface area contributed by atoms with Gasteiger partial charge in [-0.3, -0.25) is 9.69 Å². The van der Waals surface area contributed by atoms with E-state index in [9.17, 15) is 9.59 Å². The van der Waals surface area contributed by atoms with Crippen molar-refractivity contribution in [1.82, 2.24) is 15.1 Å². The van der Waals surface area contributed by atoms with Gasteiger partial charge in [0.1, 0.15) is 0 Å². The van der Waals surface area contributed by atoms with Gasteiger partial charge in [-0.25, -0.2) is 4.79 Å². The molecule has 2 aliphatic rings. The Kier molecular flexibility index (Phi) is 5.43. The number of hydrogen-bond acceptors (Lipinski definition) is 3. The van der Waals surface area contributed by atoms with Crippen LogP contribution >= 0.6 is 12.4 Å². The summed E-state index contributed by atoms with van der Waals surface area (Å²) in [4.78, 5) is 26.6. The van der Waals surface area contributed by atoms with Gasteiger partial charge in [0.05, 0.1) is 18.1 Å². The molecule has 2 fully saturated rings. The third-order valence-corrected chi connectivity index (χ3v) is 3.81. The minimum atomic E-state index is -0.902. The summed E-state index contributed by atoms with van der Waals surface area (Å²) in [7, 11) is 0. The molecular formula is C12H22ClN3O3. The van der Waals surface area contributed by atoms with Gasteiger partial charge >= 0.3 is 6.09 Å². The van der Waals surface area contributed by atoms with Crippen LogP contribution in [-0.4, -0.2) is 64.7 Å². The highest BCUT2D eigenvalue weighted by molar-refractivity contribution is 5.85. The van der Waals surface area contributed by atoms with Crippen molar-refractivity contribution in [2.45, 2.75) is 44.8 Å². The van der Waals surface area contributed by atoms with E-state index in [2.05, 4.69) is 5.32 Å². The number of nitrogens with zero attached hydrogens (tertiary/aromatic N) is 2. The zero-order chi connectivity index (χ0) is 13.3. The minimum absolute atomic E-state index is 0. The first-order chi connectivity index (χ1) is 8.50. The van der Waals surface area contributed by atoms with Gasteiger partial charge < -0.3 is 15.3 Å². The predicted molar refractivity (Wildman–Crippen MR) is 73.6 cm³/mol. The number of halogens is 1. The van der Waals surface area contributed by atoms with E-state index < -0.39 is 6.09 Å². The van der Waals surface area contributed by atoms with Gasteiger partial charge in [-0.1, -0.05) is 0 Å². The van der Waals surface area contributed by atoms with Gasteiger partial charge in [0, 0.05) is 13.1 Å². The van der Waals surface area contributed by atoms with Crippen LogP contribution in [-0.2, 0) is 4.79 Å². The molecule has 2 amide bonds. The number of amides is 2.